The number of pyridine rings is 1. The van der Waals surface area contributed by atoms with E-state index in [1.807, 2.05) is 0 Å². The van der Waals surface area contributed by atoms with Crippen LogP contribution in [0.25, 0.3) is 0 Å². The summed E-state index contributed by atoms with van der Waals surface area (Å²) in [6, 6.07) is 9.05. The number of aryl methyl sites for hydroxylation is 2. The first kappa shape index (κ1) is 31.2. The number of amides is 1. The molecule has 0 saturated carbocycles. The Labute approximate surface area is 240 Å². The van der Waals surface area contributed by atoms with Crippen molar-refractivity contribution >= 4 is 26.6 Å². The lowest BCUT2D eigenvalue weighted by Crippen LogP contribution is -2.36. The number of benzene rings is 2. The van der Waals surface area contributed by atoms with Gasteiger partial charge >= 0.3 is 5.85 Å². The van der Waals surface area contributed by atoms with Gasteiger partial charge in [-0.15, -0.1) is 0 Å². The zero-order valence-corrected chi connectivity index (χ0v) is 24.0. The Kier molecular flexibility index (Phi) is 9.06. The summed E-state index contributed by atoms with van der Waals surface area (Å²) in [7, 11) is 2.60. The number of hydrogen-bond acceptors (Lipinski definition) is 5. The molecule has 1 aliphatic heterocycles. The van der Waals surface area contributed by atoms with Crippen LogP contribution in [0.3, 0.4) is 0 Å². The molecule has 1 amide bonds. The van der Waals surface area contributed by atoms with E-state index in [-0.39, 0.29) is 34.9 Å². The summed E-state index contributed by atoms with van der Waals surface area (Å²) < 4.78 is 78.4. The molecule has 7 nitrogen and oxygen atoms in total. The Morgan fingerprint density at radius 1 is 1.07 bits per heavy atom. The number of alkyl halides is 4. The molecule has 1 fully saturated rings. The summed E-state index contributed by atoms with van der Waals surface area (Å²) in [5.74, 6) is -7.34. The highest BCUT2D eigenvalue weighted by atomic mass is 31.0. The molecule has 2 heterocycles. The highest BCUT2D eigenvalue weighted by molar-refractivity contribution is 7.17. The molecule has 13 heteroatoms. The second-order valence-electron chi connectivity index (χ2n) is 10.0. The van der Waals surface area contributed by atoms with Crippen molar-refractivity contribution in [3.63, 3.8) is 0 Å². The van der Waals surface area contributed by atoms with Gasteiger partial charge in [0.05, 0.1) is 19.6 Å². The van der Waals surface area contributed by atoms with E-state index in [2.05, 4.69) is 4.74 Å². The molecule has 0 radical (unpaired) electrons. The van der Waals surface area contributed by atoms with Crippen molar-refractivity contribution in [3.8, 4) is 11.5 Å². The van der Waals surface area contributed by atoms with Crippen LogP contribution >= 0.6 is 9.24 Å². The largest absolute Gasteiger partial charge is 0.497 e. The van der Waals surface area contributed by atoms with Gasteiger partial charge < -0.3 is 18.9 Å². The van der Waals surface area contributed by atoms with E-state index < -0.39 is 60.1 Å². The summed E-state index contributed by atoms with van der Waals surface area (Å²) in [5, 5.41) is 0. The number of hydrogen-bond donors (Lipinski definition) is 0. The van der Waals surface area contributed by atoms with Crippen LogP contribution in [0.5, 0.6) is 11.5 Å². The van der Waals surface area contributed by atoms with Crippen molar-refractivity contribution in [2.45, 2.75) is 45.0 Å². The third-order valence-corrected chi connectivity index (χ3v) is 7.26. The number of rotatable bonds is 10. The van der Waals surface area contributed by atoms with Crippen molar-refractivity contribution < 1.29 is 41.0 Å². The molecule has 0 N–H and O–H groups in total. The molecule has 2 aromatic carbocycles. The molecule has 3 atom stereocenters. The maximum absolute atomic E-state index is 15.5. The third kappa shape index (κ3) is 6.64. The van der Waals surface area contributed by atoms with E-state index in [4.69, 9.17) is 4.74 Å². The van der Waals surface area contributed by atoms with Gasteiger partial charge in [0.15, 0.2) is 5.78 Å². The van der Waals surface area contributed by atoms with Crippen LogP contribution in [0.1, 0.15) is 39.4 Å². The van der Waals surface area contributed by atoms with Gasteiger partial charge in [-0.2, -0.15) is 8.78 Å². The van der Waals surface area contributed by atoms with Gasteiger partial charge in [0.25, 0.3) is 12.0 Å². The maximum Gasteiger partial charge on any atom is 0.408 e. The van der Waals surface area contributed by atoms with Crippen LogP contribution in [-0.4, -0.2) is 42.2 Å². The average molecular weight is 611 g/mol. The summed E-state index contributed by atoms with van der Waals surface area (Å²) in [5.41, 5.74) is 0.0953. The highest BCUT2D eigenvalue weighted by Crippen LogP contribution is 2.42. The van der Waals surface area contributed by atoms with E-state index in [1.165, 1.54) is 52.9 Å². The highest BCUT2D eigenvalue weighted by Gasteiger charge is 2.45. The van der Waals surface area contributed by atoms with Crippen molar-refractivity contribution in [1.82, 2.24) is 4.57 Å². The van der Waals surface area contributed by atoms with Crippen LogP contribution < -0.4 is 19.9 Å². The topological polar surface area (TPSA) is 77.8 Å². The van der Waals surface area contributed by atoms with E-state index in [9.17, 15) is 31.9 Å². The summed E-state index contributed by atoms with van der Waals surface area (Å²) in [6.07, 6.45) is -2.01. The van der Waals surface area contributed by atoms with E-state index in [0.717, 1.165) is 15.5 Å². The molecular weight excluding hydrogens is 582 g/mol. The van der Waals surface area contributed by atoms with Crippen LogP contribution in [0.2, 0.25) is 0 Å². The zero-order valence-electron chi connectivity index (χ0n) is 22.9. The van der Waals surface area contributed by atoms with Gasteiger partial charge in [0.2, 0.25) is 5.91 Å². The van der Waals surface area contributed by atoms with E-state index in [1.54, 1.807) is 19.9 Å². The fourth-order valence-corrected chi connectivity index (χ4v) is 5.41. The Hall–Kier alpha value is -3.79. The number of ketones is 1. The summed E-state index contributed by atoms with van der Waals surface area (Å²) in [6.45, 7) is 2.10. The van der Waals surface area contributed by atoms with Gasteiger partial charge in [-0.3, -0.25) is 14.4 Å². The fourth-order valence-electron chi connectivity index (χ4n) is 5.28. The lowest BCUT2D eigenvalue weighted by molar-refractivity contribution is -0.120. The first-order valence-electron chi connectivity index (χ1n) is 12.8. The number of ether oxygens (including phenoxy) is 2. The van der Waals surface area contributed by atoms with Crippen LogP contribution in [0.4, 0.5) is 27.6 Å². The number of carbonyl (C=O) groups is 2. The summed E-state index contributed by atoms with van der Waals surface area (Å²) >= 11 is 0. The van der Waals surface area contributed by atoms with Crippen LogP contribution in [-0.2, 0) is 11.3 Å². The molecule has 1 saturated heterocycles. The standard InChI is InChI=1S/C29H28F5N2O5P/c1-15-8-9-35(14-24(31)32)28(39)26(15)36-13-21(25-16(2)10-19(40-3)11-22(25)30)20(27(36)38)12-23(37)17-4-6-18(7-5-17)41-29(33,34)42/h4-11,20-21,24H,12-14,42H2,1-3H3/t20-,21+/m0/s1. The van der Waals surface area contributed by atoms with Gasteiger partial charge in [-0.1, -0.05) is 0 Å². The molecule has 0 bridgehead atoms. The second kappa shape index (κ2) is 12.2. The lowest BCUT2D eigenvalue weighted by Gasteiger charge is -2.21. The molecule has 1 aliphatic rings. The zero-order chi connectivity index (χ0) is 30.9. The minimum atomic E-state index is -3.51. The molecule has 3 aromatic rings. The van der Waals surface area contributed by atoms with Crippen LogP contribution in [0.15, 0.2) is 53.5 Å². The lowest BCUT2D eigenvalue weighted by atomic mass is 9.82. The van der Waals surface area contributed by atoms with Gasteiger partial charge in [0, 0.05) is 36.7 Å². The van der Waals surface area contributed by atoms with Crippen molar-refractivity contribution in [3.05, 3.63) is 87.1 Å². The molecule has 0 aliphatic carbocycles. The number of nitrogens with zero attached hydrogens (tertiary/aromatic N) is 2. The van der Waals surface area contributed by atoms with Gasteiger partial charge in [0.1, 0.15) is 23.0 Å². The number of Topliss-reactive ketones (excluding diaryl/α,β-unsaturated/α-hetero) is 1. The number of carbonyl (C=O) groups excluding carboxylic acids is 2. The molecule has 1 unspecified atom stereocenters. The predicted octanol–water partition coefficient (Wildman–Crippen LogP) is 5.70. The predicted molar refractivity (Wildman–Crippen MR) is 148 cm³/mol. The minimum Gasteiger partial charge on any atom is -0.497 e. The van der Waals surface area contributed by atoms with Gasteiger partial charge in [-0.25, -0.2) is 13.2 Å². The SMILES string of the molecule is COc1cc(C)c([C@@H]2CN(c3c(C)ccn(CC(F)F)c3=O)C(=O)[C@H]2CC(=O)c2ccc(OC(F)(F)P)cc2)c(F)c1. The number of anilines is 1. The Morgan fingerprint density at radius 3 is 2.31 bits per heavy atom. The molecule has 224 valence electrons. The first-order valence-corrected chi connectivity index (χ1v) is 13.4. The maximum atomic E-state index is 15.5. The van der Waals surface area contributed by atoms with E-state index in [0.29, 0.717) is 11.1 Å². The Morgan fingerprint density at radius 2 is 1.74 bits per heavy atom. The molecular formula is C29H28F5N2O5P. The minimum absolute atomic E-state index is 0.0986. The van der Waals surface area contributed by atoms with E-state index >= 15 is 4.39 Å². The number of aromatic nitrogens is 1. The van der Waals surface area contributed by atoms with Crippen molar-refractivity contribution in [2.24, 2.45) is 5.92 Å². The Bertz CT molecular complexity index is 1530. The first-order chi connectivity index (χ1) is 19.7. The molecule has 42 heavy (non-hydrogen) atoms. The smallest absolute Gasteiger partial charge is 0.408 e. The Balaban J connectivity index is 1.74. The van der Waals surface area contributed by atoms with Gasteiger partial charge in [-0.05, 0) is 76.2 Å². The monoisotopic (exact) mass is 610 g/mol. The van der Waals surface area contributed by atoms with Crippen molar-refractivity contribution in [1.29, 1.82) is 0 Å². The second-order valence-corrected chi connectivity index (χ2v) is 10.7. The third-order valence-electron chi connectivity index (χ3n) is 7.15. The number of methoxy groups -OCH3 is 1. The normalized spacial score (nSPS) is 17.2. The molecule has 1 aromatic heterocycles. The number of halogens is 5. The summed E-state index contributed by atoms with van der Waals surface area (Å²) in [4.78, 5) is 41.5. The fraction of sp³-hybridized carbons (Fsp3) is 0.345. The van der Waals surface area contributed by atoms with Crippen LogP contribution in [0, 0.1) is 25.6 Å². The molecule has 4 rings (SSSR count). The van der Waals surface area contributed by atoms with Crippen molar-refractivity contribution in [2.75, 3.05) is 18.6 Å². The quantitative estimate of drug-likeness (QED) is 0.167. The molecule has 0 spiro atoms. The average Bonchev–Trinajstić information content (AvgIpc) is 3.19.